The smallest absolute Gasteiger partial charge is 0.115 e. The van der Waals surface area contributed by atoms with Crippen LogP contribution in [0.15, 0.2) is 54.6 Å². The number of nitrogens with one attached hydrogen (secondary N) is 1. The molecule has 2 unspecified atom stereocenters. The Labute approximate surface area is 139 Å². The molecule has 3 heteroatoms. The fourth-order valence-corrected chi connectivity index (χ4v) is 3.42. The van der Waals surface area contributed by atoms with Gasteiger partial charge in [-0.1, -0.05) is 42.5 Å². The minimum absolute atomic E-state index is 0.253. The molecule has 0 amide bonds. The van der Waals surface area contributed by atoms with Crippen molar-refractivity contribution in [2.24, 2.45) is 0 Å². The van der Waals surface area contributed by atoms with Crippen molar-refractivity contribution in [3.05, 3.63) is 65.7 Å². The van der Waals surface area contributed by atoms with Gasteiger partial charge in [-0.2, -0.15) is 0 Å². The molecule has 23 heavy (non-hydrogen) atoms. The maximum absolute atomic E-state index is 9.64. The highest BCUT2D eigenvalue weighted by atomic mass is 16.3. The van der Waals surface area contributed by atoms with Gasteiger partial charge in [-0.05, 0) is 49.6 Å². The van der Waals surface area contributed by atoms with Crippen molar-refractivity contribution >= 4 is 0 Å². The lowest BCUT2D eigenvalue weighted by atomic mass is 10.0. The molecule has 2 aromatic carbocycles. The van der Waals surface area contributed by atoms with Crippen molar-refractivity contribution in [2.45, 2.75) is 38.4 Å². The monoisotopic (exact) mass is 310 g/mol. The number of phenols is 1. The van der Waals surface area contributed by atoms with E-state index in [0.717, 1.165) is 18.7 Å². The van der Waals surface area contributed by atoms with Gasteiger partial charge >= 0.3 is 0 Å². The summed E-state index contributed by atoms with van der Waals surface area (Å²) in [6, 6.07) is 19.0. The lowest BCUT2D eigenvalue weighted by molar-refractivity contribution is 0.177. The van der Waals surface area contributed by atoms with Gasteiger partial charge in [-0.25, -0.2) is 0 Å². The number of hydrogen-bond acceptors (Lipinski definition) is 3. The summed E-state index contributed by atoms with van der Waals surface area (Å²) in [7, 11) is 0. The zero-order chi connectivity index (χ0) is 16.1. The van der Waals surface area contributed by atoms with Gasteiger partial charge in [0.25, 0.3) is 0 Å². The second kappa shape index (κ2) is 7.62. The van der Waals surface area contributed by atoms with Crippen molar-refractivity contribution in [3.63, 3.8) is 0 Å². The first-order chi connectivity index (χ1) is 11.2. The average molecular weight is 310 g/mol. The van der Waals surface area contributed by atoms with Gasteiger partial charge in [0.15, 0.2) is 0 Å². The Morgan fingerprint density at radius 1 is 1.17 bits per heavy atom. The first kappa shape index (κ1) is 16.0. The highest BCUT2D eigenvalue weighted by Crippen LogP contribution is 2.21. The molecular weight excluding hydrogens is 284 g/mol. The summed E-state index contributed by atoms with van der Waals surface area (Å²) < 4.78 is 0. The summed E-state index contributed by atoms with van der Waals surface area (Å²) in [5, 5.41) is 13.4. The number of piperidine rings is 1. The van der Waals surface area contributed by atoms with Crippen LogP contribution in [0.2, 0.25) is 0 Å². The molecule has 0 saturated carbocycles. The molecule has 1 fully saturated rings. The summed E-state index contributed by atoms with van der Waals surface area (Å²) in [5.41, 5.74) is 2.53. The van der Waals surface area contributed by atoms with Crippen LogP contribution < -0.4 is 5.32 Å². The lowest BCUT2D eigenvalue weighted by Gasteiger charge is -2.35. The molecule has 0 spiro atoms. The van der Waals surface area contributed by atoms with Crippen LogP contribution in [0.25, 0.3) is 0 Å². The van der Waals surface area contributed by atoms with Crippen molar-refractivity contribution < 1.29 is 5.11 Å². The number of benzene rings is 2. The Balaban J connectivity index is 1.56. The van der Waals surface area contributed by atoms with E-state index < -0.39 is 0 Å². The van der Waals surface area contributed by atoms with E-state index in [1.807, 2.05) is 12.1 Å². The van der Waals surface area contributed by atoms with Crippen molar-refractivity contribution in [1.29, 1.82) is 0 Å². The third kappa shape index (κ3) is 4.57. The first-order valence-corrected chi connectivity index (χ1v) is 8.52. The normalized spacial score (nSPS) is 20.3. The van der Waals surface area contributed by atoms with Crippen LogP contribution in [0.5, 0.6) is 5.75 Å². The zero-order valence-corrected chi connectivity index (χ0v) is 13.8. The molecule has 1 heterocycles. The van der Waals surface area contributed by atoms with Crippen molar-refractivity contribution in [2.75, 3.05) is 13.1 Å². The van der Waals surface area contributed by atoms with E-state index in [1.54, 1.807) is 6.07 Å². The van der Waals surface area contributed by atoms with Crippen LogP contribution in [0.1, 0.15) is 36.9 Å². The summed E-state index contributed by atoms with van der Waals surface area (Å²) in [6.07, 6.45) is 2.45. The Hall–Kier alpha value is -1.84. The first-order valence-electron chi connectivity index (χ1n) is 8.52. The lowest BCUT2D eigenvalue weighted by Crippen LogP contribution is -2.46. The standard InChI is InChI=1S/C20H26N2O/c1-16(18-9-5-11-20(23)13-18)21-19-10-6-12-22(15-19)14-17-7-3-2-4-8-17/h2-5,7-9,11,13,16,19,21,23H,6,10,12,14-15H2,1H3. The van der Waals surface area contributed by atoms with Crippen molar-refractivity contribution in [3.8, 4) is 5.75 Å². The van der Waals surface area contributed by atoms with Crippen LogP contribution in [0.3, 0.4) is 0 Å². The zero-order valence-electron chi connectivity index (χ0n) is 13.8. The van der Waals surface area contributed by atoms with Crippen LogP contribution in [0, 0.1) is 0 Å². The molecule has 0 aliphatic carbocycles. The number of hydrogen-bond donors (Lipinski definition) is 2. The molecule has 0 bridgehead atoms. The van der Waals surface area contributed by atoms with E-state index in [0.29, 0.717) is 11.8 Å². The van der Waals surface area contributed by atoms with E-state index >= 15 is 0 Å². The fraction of sp³-hybridized carbons (Fsp3) is 0.400. The largest absolute Gasteiger partial charge is 0.508 e. The maximum atomic E-state index is 9.64. The summed E-state index contributed by atoms with van der Waals surface area (Å²) in [4.78, 5) is 2.53. The number of phenolic OH excluding ortho intramolecular Hbond substituents is 1. The van der Waals surface area contributed by atoms with Gasteiger partial charge in [-0.15, -0.1) is 0 Å². The molecule has 1 aliphatic rings. The molecule has 1 saturated heterocycles. The minimum Gasteiger partial charge on any atom is -0.508 e. The third-order valence-electron chi connectivity index (χ3n) is 4.61. The van der Waals surface area contributed by atoms with E-state index in [4.69, 9.17) is 0 Å². The Bertz CT molecular complexity index is 614. The summed E-state index contributed by atoms with van der Waals surface area (Å²) >= 11 is 0. The van der Waals surface area contributed by atoms with Gasteiger partial charge in [0.05, 0.1) is 0 Å². The third-order valence-corrected chi connectivity index (χ3v) is 4.61. The predicted molar refractivity (Wildman–Crippen MR) is 94.4 cm³/mol. The number of rotatable bonds is 5. The SMILES string of the molecule is CC(NC1CCCN(Cc2ccccc2)C1)c1cccc(O)c1. The predicted octanol–water partition coefficient (Wildman–Crippen LogP) is 3.71. The number of nitrogens with zero attached hydrogens (tertiary/aromatic N) is 1. The Morgan fingerprint density at radius 2 is 2.00 bits per heavy atom. The minimum atomic E-state index is 0.253. The number of likely N-dealkylation sites (tertiary alicyclic amines) is 1. The summed E-state index contributed by atoms with van der Waals surface area (Å²) in [6.45, 7) is 5.45. The quantitative estimate of drug-likeness (QED) is 0.884. The molecule has 2 atom stereocenters. The van der Waals surface area contributed by atoms with E-state index in [-0.39, 0.29) is 6.04 Å². The second-order valence-electron chi connectivity index (χ2n) is 6.54. The fourth-order valence-electron chi connectivity index (χ4n) is 3.42. The second-order valence-corrected chi connectivity index (χ2v) is 6.54. The molecule has 122 valence electrons. The van der Waals surface area contributed by atoms with Crippen LogP contribution in [-0.2, 0) is 6.54 Å². The maximum Gasteiger partial charge on any atom is 0.115 e. The van der Waals surface area contributed by atoms with Crippen LogP contribution >= 0.6 is 0 Å². The van der Waals surface area contributed by atoms with Gasteiger partial charge < -0.3 is 10.4 Å². The molecule has 1 aliphatic heterocycles. The van der Waals surface area contributed by atoms with Crippen LogP contribution in [-0.4, -0.2) is 29.1 Å². The summed E-state index contributed by atoms with van der Waals surface area (Å²) in [5.74, 6) is 0.338. The highest BCUT2D eigenvalue weighted by molar-refractivity contribution is 5.29. The number of aromatic hydroxyl groups is 1. The van der Waals surface area contributed by atoms with Crippen molar-refractivity contribution in [1.82, 2.24) is 10.2 Å². The Morgan fingerprint density at radius 3 is 2.78 bits per heavy atom. The molecular formula is C20H26N2O. The van der Waals surface area contributed by atoms with Gasteiger partial charge in [-0.3, -0.25) is 4.90 Å². The van der Waals surface area contributed by atoms with Gasteiger partial charge in [0, 0.05) is 25.2 Å². The topological polar surface area (TPSA) is 35.5 Å². The molecule has 0 aromatic heterocycles. The van der Waals surface area contributed by atoms with Gasteiger partial charge in [0.2, 0.25) is 0 Å². The van der Waals surface area contributed by atoms with Crippen LogP contribution in [0.4, 0.5) is 0 Å². The van der Waals surface area contributed by atoms with E-state index in [2.05, 4.69) is 53.5 Å². The molecule has 0 radical (unpaired) electrons. The molecule has 3 rings (SSSR count). The molecule has 3 nitrogen and oxygen atoms in total. The average Bonchev–Trinajstić information content (AvgIpc) is 2.56. The molecule has 2 N–H and O–H groups in total. The van der Waals surface area contributed by atoms with E-state index in [1.165, 1.54) is 24.9 Å². The Kier molecular flexibility index (Phi) is 5.31. The molecule has 2 aromatic rings. The van der Waals surface area contributed by atoms with E-state index in [9.17, 15) is 5.11 Å². The highest BCUT2D eigenvalue weighted by Gasteiger charge is 2.21. The van der Waals surface area contributed by atoms with Gasteiger partial charge in [0.1, 0.15) is 5.75 Å².